The predicted octanol–water partition coefficient (Wildman–Crippen LogP) is 4.30. The quantitative estimate of drug-likeness (QED) is 0.595. The highest BCUT2D eigenvalue weighted by Gasteiger charge is 2.05. The van der Waals surface area contributed by atoms with Gasteiger partial charge in [-0.05, 0) is 60.9 Å². The Morgan fingerprint density at radius 2 is 1.92 bits per heavy atom. The van der Waals surface area contributed by atoms with Crippen LogP contribution in [0.1, 0.15) is 29.5 Å². The molecule has 0 unspecified atom stereocenters. The van der Waals surface area contributed by atoms with Gasteiger partial charge in [0.1, 0.15) is 5.75 Å². The van der Waals surface area contributed by atoms with Crippen molar-refractivity contribution < 1.29 is 9.53 Å². The molecule has 0 atom stereocenters. The Hall–Kier alpha value is -2.75. The molecular weight excluding hydrogens is 324 g/mol. The SMILES string of the molecule is Cc1cccc(C)c1OCCCC(=O)NCCc1ccc2cc[nH]c2c1. The summed E-state index contributed by atoms with van der Waals surface area (Å²) in [6.45, 7) is 5.30. The van der Waals surface area contributed by atoms with Crippen molar-refractivity contribution in [2.24, 2.45) is 0 Å². The van der Waals surface area contributed by atoms with Crippen LogP contribution in [-0.2, 0) is 11.2 Å². The molecule has 2 N–H and O–H groups in total. The molecule has 1 heterocycles. The van der Waals surface area contributed by atoms with Crippen molar-refractivity contribution in [2.45, 2.75) is 33.1 Å². The lowest BCUT2D eigenvalue weighted by Gasteiger charge is -2.11. The van der Waals surface area contributed by atoms with E-state index in [4.69, 9.17) is 4.74 Å². The lowest BCUT2D eigenvalue weighted by Crippen LogP contribution is -2.25. The van der Waals surface area contributed by atoms with Crippen LogP contribution in [-0.4, -0.2) is 24.0 Å². The van der Waals surface area contributed by atoms with Crippen molar-refractivity contribution in [2.75, 3.05) is 13.2 Å². The zero-order valence-electron chi connectivity index (χ0n) is 15.5. The van der Waals surface area contributed by atoms with Crippen molar-refractivity contribution in [1.82, 2.24) is 10.3 Å². The standard InChI is InChI=1S/C22H26N2O2/c1-16-5-3-6-17(2)22(16)26-14-4-7-21(25)24-12-10-18-8-9-19-11-13-23-20(19)15-18/h3,5-6,8-9,11,13,15,23H,4,7,10,12,14H2,1-2H3,(H,24,25). The number of aryl methyl sites for hydroxylation is 2. The maximum Gasteiger partial charge on any atom is 0.220 e. The first kappa shape index (κ1) is 18.1. The molecule has 136 valence electrons. The van der Waals surface area contributed by atoms with Crippen LogP contribution in [0.15, 0.2) is 48.7 Å². The van der Waals surface area contributed by atoms with Crippen LogP contribution in [0.5, 0.6) is 5.75 Å². The average Bonchev–Trinajstić information content (AvgIpc) is 3.08. The molecule has 26 heavy (non-hydrogen) atoms. The number of carbonyl (C=O) groups excluding carboxylic acids is 1. The Kier molecular flexibility index (Phi) is 5.95. The Bertz CT molecular complexity index is 862. The van der Waals surface area contributed by atoms with Crippen molar-refractivity contribution in [3.63, 3.8) is 0 Å². The Morgan fingerprint density at radius 3 is 2.73 bits per heavy atom. The molecule has 0 saturated carbocycles. The summed E-state index contributed by atoms with van der Waals surface area (Å²) in [6, 6.07) is 14.5. The third-order valence-electron chi connectivity index (χ3n) is 4.56. The van der Waals surface area contributed by atoms with Crippen LogP contribution in [0.2, 0.25) is 0 Å². The molecule has 3 aromatic rings. The lowest BCUT2D eigenvalue weighted by atomic mass is 10.1. The number of benzene rings is 2. The Labute approximate surface area is 154 Å². The average molecular weight is 350 g/mol. The van der Waals surface area contributed by atoms with E-state index in [1.54, 1.807) is 0 Å². The number of hydrogen-bond acceptors (Lipinski definition) is 2. The molecule has 1 amide bonds. The van der Waals surface area contributed by atoms with E-state index in [1.807, 2.05) is 38.2 Å². The van der Waals surface area contributed by atoms with E-state index < -0.39 is 0 Å². The molecule has 2 aromatic carbocycles. The molecule has 0 radical (unpaired) electrons. The van der Waals surface area contributed by atoms with Gasteiger partial charge in [0.05, 0.1) is 6.61 Å². The van der Waals surface area contributed by atoms with Crippen molar-refractivity contribution in [1.29, 1.82) is 0 Å². The summed E-state index contributed by atoms with van der Waals surface area (Å²) >= 11 is 0. The van der Waals surface area contributed by atoms with Crippen molar-refractivity contribution >= 4 is 16.8 Å². The second-order valence-electron chi connectivity index (χ2n) is 6.67. The summed E-state index contributed by atoms with van der Waals surface area (Å²) in [5.74, 6) is 1.02. The number of fused-ring (bicyclic) bond motifs is 1. The largest absolute Gasteiger partial charge is 0.493 e. The van der Waals surface area contributed by atoms with Crippen molar-refractivity contribution in [3.8, 4) is 5.75 Å². The van der Waals surface area contributed by atoms with Gasteiger partial charge in [0.2, 0.25) is 5.91 Å². The zero-order chi connectivity index (χ0) is 18.4. The van der Waals surface area contributed by atoms with E-state index in [9.17, 15) is 4.79 Å². The molecule has 4 heteroatoms. The minimum absolute atomic E-state index is 0.0797. The molecule has 0 saturated heterocycles. The molecule has 0 aliphatic heterocycles. The van der Waals surface area contributed by atoms with Gasteiger partial charge in [-0.15, -0.1) is 0 Å². The molecule has 4 nitrogen and oxygen atoms in total. The van der Waals surface area contributed by atoms with E-state index >= 15 is 0 Å². The van der Waals surface area contributed by atoms with Gasteiger partial charge < -0.3 is 15.0 Å². The summed E-state index contributed by atoms with van der Waals surface area (Å²) in [5, 5.41) is 4.20. The molecule has 0 bridgehead atoms. The first-order chi connectivity index (χ1) is 12.6. The van der Waals surface area contributed by atoms with E-state index in [1.165, 1.54) is 10.9 Å². The Morgan fingerprint density at radius 1 is 1.12 bits per heavy atom. The summed E-state index contributed by atoms with van der Waals surface area (Å²) in [7, 11) is 0. The molecule has 1 aromatic heterocycles. The third-order valence-corrected chi connectivity index (χ3v) is 4.56. The fraction of sp³-hybridized carbons (Fsp3) is 0.318. The van der Waals surface area contributed by atoms with Gasteiger partial charge in [-0.1, -0.05) is 30.3 Å². The summed E-state index contributed by atoms with van der Waals surface area (Å²) in [4.78, 5) is 15.2. The van der Waals surface area contributed by atoms with Gasteiger partial charge in [-0.3, -0.25) is 4.79 Å². The third kappa shape index (κ3) is 4.66. The van der Waals surface area contributed by atoms with Crippen LogP contribution < -0.4 is 10.1 Å². The number of rotatable bonds is 8. The zero-order valence-corrected chi connectivity index (χ0v) is 15.5. The number of aromatic amines is 1. The van der Waals surface area contributed by atoms with Crippen LogP contribution in [0.25, 0.3) is 10.9 Å². The highest BCUT2D eigenvalue weighted by atomic mass is 16.5. The van der Waals surface area contributed by atoms with Crippen LogP contribution >= 0.6 is 0 Å². The van der Waals surface area contributed by atoms with Crippen LogP contribution in [0.4, 0.5) is 0 Å². The second-order valence-corrected chi connectivity index (χ2v) is 6.67. The van der Waals surface area contributed by atoms with Crippen LogP contribution in [0.3, 0.4) is 0 Å². The topological polar surface area (TPSA) is 54.1 Å². The van der Waals surface area contributed by atoms with Crippen LogP contribution in [0, 0.1) is 13.8 Å². The molecule has 0 fully saturated rings. The molecule has 3 rings (SSSR count). The van der Waals surface area contributed by atoms with Crippen molar-refractivity contribution in [3.05, 3.63) is 65.4 Å². The van der Waals surface area contributed by atoms with Gasteiger partial charge in [-0.2, -0.15) is 0 Å². The number of H-pyrrole nitrogens is 1. The number of aromatic nitrogens is 1. The van der Waals surface area contributed by atoms with Gasteiger partial charge in [-0.25, -0.2) is 0 Å². The smallest absolute Gasteiger partial charge is 0.220 e. The number of para-hydroxylation sites is 1. The molecular formula is C22H26N2O2. The fourth-order valence-electron chi connectivity index (χ4n) is 3.12. The normalized spacial score (nSPS) is 10.8. The fourth-order valence-corrected chi connectivity index (χ4v) is 3.12. The lowest BCUT2D eigenvalue weighted by molar-refractivity contribution is -0.121. The monoisotopic (exact) mass is 350 g/mol. The first-order valence-electron chi connectivity index (χ1n) is 9.15. The van der Waals surface area contributed by atoms with E-state index in [0.717, 1.165) is 28.8 Å². The number of hydrogen-bond donors (Lipinski definition) is 2. The summed E-state index contributed by atoms with van der Waals surface area (Å²) < 4.78 is 5.84. The molecule has 0 aliphatic rings. The Balaban J connectivity index is 1.35. The van der Waals surface area contributed by atoms with E-state index in [0.29, 0.717) is 26.0 Å². The minimum atomic E-state index is 0.0797. The minimum Gasteiger partial charge on any atom is -0.493 e. The number of amides is 1. The van der Waals surface area contributed by atoms with Gasteiger partial charge in [0.25, 0.3) is 0 Å². The summed E-state index contributed by atoms with van der Waals surface area (Å²) in [6.07, 6.45) is 3.98. The second kappa shape index (κ2) is 8.56. The summed E-state index contributed by atoms with van der Waals surface area (Å²) in [5.41, 5.74) is 4.62. The first-order valence-corrected chi connectivity index (χ1v) is 9.15. The predicted molar refractivity (Wildman–Crippen MR) is 106 cm³/mol. The number of ether oxygens (including phenoxy) is 1. The molecule has 0 spiro atoms. The molecule has 0 aliphatic carbocycles. The maximum absolute atomic E-state index is 12.0. The van der Waals surface area contributed by atoms with E-state index in [-0.39, 0.29) is 5.91 Å². The van der Waals surface area contributed by atoms with Gasteiger partial charge >= 0.3 is 0 Å². The van der Waals surface area contributed by atoms with Gasteiger partial charge in [0.15, 0.2) is 0 Å². The number of nitrogens with one attached hydrogen (secondary N) is 2. The highest BCUT2D eigenvalue weighted by Crippen LogP contribution is 2.22. The highest BCUT2D eigenvalue weighted by molar-refractivity contribution is 5.80. The maximum atomic E-state index is 12.0. The van der Waals surface area contributed by atoms with E-state index in [2.05, 4.69) is 34.6 Å². The number of carbonyl (C=O) groups is 1. The van der Waals surface area contributed by atoms with Gasteiger partial charge in [0, 0.05) is 24.7 Å².